The van der Waals surface area contributed by atoms with Crippen LogP contribution >= 0.6 is 0 Å². The van der Waals surface area contributed by atoms with Gasteiger partial charge in [0.2, 0.25) is 0 Å². The van der Waals surface area contributed by atoms with Crippen molar-refractivity contribution in [3.63, 3.8) is 0 Å². The second kappa shape index (κ2) is 4.16. The van der Waals surface area contributed by atoms with Gasteiger partial charge in [0.1, 0.15) is 5.69 Å². The molecule has 0 atom stereocenters. The molecule has 5 nitrogen and oxygen atoms in total. The molecule has 5 heteroatoms. The van der Waals surface area contributed by atoms with Gasteiger partial charge in [0.15, 0.2) is 0 Å². The Morgan fingerprint density at radius 2 is 2.13 bits per heavy atom. The van der Waals surface area contributed by atoms with E-state index in [1.807, 2.05) is 0 Å². The molecule has 15 heavy (non-hydrogen) atoms. The van der Waals surface area contributed by atoms with Gasteiger partial charge in [-0.2, -0.15) is 0 Å². The standard InChI is InChI=1S/C10H13NO4/c1-6-4-7(5-8(12)13)11(2)9(6)10(14)15-3/h4H,5H2,1-3H3,(H,12,13). The monoisotopic (exact) mass is 211 g/mol. The molecule has 0 aliphatic rings. The summed E-state index contributed by atoms with van der Waals surface area (Å²) in [6.07, 6.45) is -0.103. The first-order chi connectivity index (χ1) is 6.97. The molecule has 0 aliphatic carbocycles. The Labute approximate surface area is 87.3 Å². The number of esters is 1. The molecule has 0 unspecified atom stereocenters. The van der Waals surface area contributed by atoms with Gasteiger partial charge in [0.05, 0.1) is 13.5 Å². The number of hydrogen-bond acceptors (Lipinski definition) is 3. The quantitative estimate of drug-likeness (QED) is 0.749. The van der Waals surface area contributed by atoms with Crippen molar-refractivity contribution in [3.8, 4) is 0 Å². The predicted octanol–water partition coefficient (Wildman–Crippen LogP) is 0.747. The van der Waals surface area contributed by atoms with E-state index in [1.165, 1.54) is 7.11 Å². The van der Waals surface area contributed by atoms with Gasteiger partial charge < -0.3 is 14.4 Å². The fraction of sp³-hybridized carbons (Fsp3) is 0.400. The first kappa shape index (κ1) is 11.3. The number of carboxylic acids is 1. The number of rotatable bonds is 3. The molecule has 82 valence electrons. The number of aromatic nitrogens is 1. The molecule has 0 fully saturated rings. The lowest BCUT2D eigenvalue weighted by Gasteiger charge is -2.04. The fourth-order valence-corrected chi connectivity index (χ4v) is 1.54. The molecule has 0 saturated heterocycles. The molecule has 0 spiro atoms. The van der Waals surface area contributed by atoms with Gasteiger partial charge in [0, 0.05) is 12.7 Å². The van der Waals surface area contributed by atoms with Crippen LogP contribution in [0.2, 0.25) is 0 Å². The average molecular weight is 211 g/mol. The van der Waals surface area contributed by atoms with Crippen molar-refractivity contribution in [1.29, 1.82) is 0 Å². The number of methoxy groups -OCH3 is 1. The van der Waals surface area contributed by atoms with Crippen LogP contribution in [0.4, 0.5) is 0 Å². The molecule has 0 bridgehead atoms. The summed E-state index contributed by atoms with van der Waals surface area (Å²) in [4.78, 5) is 21.9. The van der Waals surface area contributed by atoms with E-state index < -0.39 is 11.9 Å². The Hall–Kier alpha value is -1.78. The van der Waals surface area contributed by atoms with Crippen LogP contribution in [0.5, 0.6) is 0 Å². The van der Waals surface area contributed by atoms with Crippen LogP contribution in [0.3, 0.4) is 0 Å². The third-order valence-corrected chi connectivity index (χ3v) is 2.23. The Bertz CT molecular complexity index is 406. The van der Waals surface area contributed by atoms with Crippen molar-refractivity contribution >= 4 is 11.9 Å². The molecule has 1 rings (SSSR count). The van der Waals surface area contributed by atoms with E-state index in [4.69, 9.17) is 5.11 Å². The molecule has 1 N–H and O–H groups in total. The Balaban J connectivity index is 3.14. The Morgan fingerprint density at radius 3 is 2.60 bits per heavy atom. The van der Waals surface area contributed by atoms with Crippen molar-refractivity contribution in [2.45, 2.75) is 13.3 Å². The van der Waals surface area contributed by atoms with Gasteiger partial charge in [0.25, 0.3) is 0 Å². The molecule has 0 aromatic carbocycles. The molecule has 1 aromatic heterocycles. The van der Waals surface area contributed by atoms with E-state index in [0.29, 0.717) is 11.4 Å². The SMILES string of the molecule is COC(=O)c1c(C)cc(CC(=O)O)n1C. The van der Waals surface area contributed by atoms with Gasteiger partial charge in [-0.15, -0.1) is 0 Å². The minimum Gasteiger partial charge on any atom is -0.481 e. The summed E-state index contributed by atoms with van der Waals surface area (Å²) in [7, 11) is 2.95. The second-order valence-corrected chi connectivity index (χ2v) is 3.29. The summed E-state index contributed by atoms with van der Waals surface area (Å²) in [5.41, 5.74) is 1.70. The predicted molar refractivity (Wildman–Crippen MR) is 52.8 cm³/mol. The van der Waals surface area contributed by atoms with E-state index in [1.54, 1.807) is 24.6 Å². The van der Waals surface area contributed by atoms with Crippen molar-refractivity contribution in [3.05, 3.63) is 23.0 Å². The lowest BCUT2D eigenvalue weighted by atomic mass is 10.2. The zero-order valence-corrected chi connectivity index (χ0v) is 8.90. The fourth-order valence-electron chi connectivity index (χ4n) is 1.54. The number of aliphatic carboxylic acids is 1. The number of carbonyl (C=O) groups excluding carboxylic acids is 1. The van der Waals surface area contributed by atoms with Gasteiger partial charge >= 0.3 is 11.9 Å². The van der Waals surface area contributed by atoms with Crippen LogP contribution < -0.4 is 0 Å². The van der Waals surface area contributed by atoms with Crippen LogP contribution in [-0.2, 0) is 23.0 Å². The van der Waals surface area contributed by atoms with E-state index >= 15 is 0 Å². The van der Waals surface area contributed by atoms with Crippen LogP contribution in [0.1, 0.15) is 21.7 Å². The highest BCUT2D eigenvalue weighted by Gasteiger charge is 2.18. The molecule has 0 aliphatic heterocycles. The second-order valence-electron chi connectivity index (χ2n) is 3.29. The van der Waals surface area contributed by atoms with Crippen molar-refractivity contribution in [2.75, 3.05) is 7.11 Å². The molecular weight excluding hydrogens is 198 g/mol. The molecule has 1 heterocycles. The molecule has 0 saturated carbocycles. The first-order valence-electron chi connectivity index (χ1n) is 4.42. The maximum atomic E-state index is 11.4. The smallest absolute Gasteiger partial charge is 0.354 e. The summed E-state index contributed by atoms with van der Waals surface area (Å²) in [5.74, 6) is -1.38. The first-order valence-corrected chi connectivity index (χ1v) is 4.42. The zero-order chi connectivity index (χ0) is 11.6. The lowest BCUT2D eigenvalue weighted by Crippen LogP contribution is -2.12. The highest BCUT2D eigenvalue weighted by atomic mass is 16.5. The summed E-state index contributed by atoms with van der Waals surface area (Å²) < 4.78 is 6.16. The number of hydrogen-bond donors (Lipinski definition) is 1. The molecule has 0 amide bonds. The van der Waals surface area contributed by atoms with Crippen LogP contribution in [0, 0.1) is 6.92 Å². The van der Waals surface area contributed by atoms with Gasteiger partial charge in [-0.05, 0) is 18.6 Å². The van der Waals surface area contributed by atoms with Crippen LogP contribution in [-0.4, -0.2) is 28.7 Å². The normalized spacial score (nSPS) is 10.1. The van der Waals surface area contributed by atoms with Crippen molar-refractivity contribution in [2.24, 2.45) is 7.05 Å². The summed E-state index contributed by atoms with van der Waals surface area (Å²) >= 11 is 0. The van der Waals surface area contributed by atoms with E-state index in [-0.39, 0.29) is 6.42 Å². The maximum Gasteiger partial charge on any atom is 0.354 e. The molecule has 1 aromatic rings. The highest BCUT2D eigenvalue weighted by Crippen LogP contribution is 2.15. The van der Waals surface area contributed by atoms with Crippen LogP contribution in [0.25, 0.3) is 0 Å². The van der Waals surface area contributed by atoms with Gasteiger partial charge in [-0.3, -0.25) is 4.79 Å². The zero-order valence-electron chi connectivity index (χ0n) is 8.90. The van der Waals surface area contributed by atoms with Crippen molar-refractivity contribution < 1.29 is 19.4 Å². The van der Waals surface area contributed by atoms with E-state index in [0.717, 1.165) is 5.56 Å². The third kappa shape index (κ3) is 2.18. The molecular formula is C10H13NO4. The number of carboxylic acid groups (broad SMARTS) is 1. The maximum absolute atomic E-state index is 11.4. The summed E-state index contributed by atoms with van der Waals surface area (Å²) in [5, 5.41) is 8.66. The number of nitrogens with zero attached hydrogens (tertiary/aromatic N) is 1. The number of ether oxygens (including phenoxy) is 1. The van der Waals surface area contributed by atoms with E-state index in [2.05, 4.69) is 4.74 Å². The highest BCUT2D eigenvalue weighted by molar-refractivity contribution is 5.89. The third-order valence-electron chi connectivity index (χ3n) is 2.23. The largest absolute Gasteiger partial charge is 0.481 e. The lowest BCUT2D eigenvalue weighted by molar-refractivity contribution is -0.136. The van der Waals surface area contributed by atoms with Crippen LogP contribution in [0.15, 0.2) is 6.07 Å². The summed E-state index contributed by atoms with van der Waals surface area (Å²) in [6.45, 7) is 1.75. The number of carbonyl (C=O) groups is 2. The topological polar surface area (TPSA) is 68.5 Å². The number of aryl methyl sites for hydroxylation is 1. The Morgan fingerprint density at radius 1 is 1.53 bits per heavy atom. The van der Waals surface area contributed by atoms with E-state index in [9.17, 15) is 9.59 Å². The van der Waals surface area contributed by atoms with Gasteiger partial charge in [-0.25, -0.2) is 4.79 Å². The summed E-state index contributed by atoms with van der Waals surface area (Å²) in [6, 6.07) is 1.68. The van der Waals surface area contributed by atoms with Gasteiger partial charge in [-0.1, -0.05) is 0 Å². The minimum absolute atomic E-state index is 0.103. The molecule has 0 radical (unpaired) electrons. The van der Waals surface area contributed by atoms with Crippen molar-refractivity contribution in [1.82, 2.24) is 4.57 Å². The minimum atomic E-state index is -0.924. The average Bonchev–Trinajstić information content (AvgIpc) is 2.40. The Kier molecular flexibility index (Phi) is 3.14.